The largest absolute Gasteiger partial charge is 0.394 e. The van der Waals surface area contributed by atoms with Gasteiger partial charge in [0.15, 0.2) is 0 Å². The predicted octanol–water partition coefficient (Wildman–Crippen LogP) is 2.32. The normalized spacial score (nSPS) is 19.6. The second kappa shape index (κ2) is 5.01. The van der Waals surface area contributed by atoms with E-state index >= 15 is 0 Å². The van der Waals surface area contributed by atoms with Crippen LogP contribution in [0.4, 0.5) is 11.4 Å². The van der Waals surface area contributed by atoms with Crippen LogP contribution in [0.3, 0.4) is 0 Å². The van der Waals surface area contributed by atoms with Crippen LogP contribution in [0.1, 0.15) is 12.8 Å². The van der Waals surface area contributed by atoms with Gasteiger partial charge in [-0.2, -0.15) is 0 Å². The van der Waals surface area contributed by atoms with Gasteiger partial charge in [-0.1, -0.05) is 0 Å². The highest BCUT2D eigenvalue weighted by Gasteiger charge is 2.26. The Bertz CT molecular complexity index is 439. The van der Waals surface area contributed by atoms with Crippen molar-refractivity contribution < 1.29 is 10.0 Å². The summed E-state index contributed by atoms with van der Waals surface area (Å²) in [6.45, 7) is 0.991. The number of nitro groups is 1. The van der Waals surface area contributed by atoms with Crippen molar-refractivity contribution in [2.45, 2.75) is 18.9 Å². The van der Waals surface area contributed by atoms with E-state index in [1.165, 1.54) is 12.1 Å². The van der Waals surface area contributed by atoms with Gasteiger partial charge in [0.05, 0.1) is 23.3 Å². The van der Waals surface area contributed by atoms with Crippen LogP contribution in [0.2, 0.25) is 0 Å². The molecular weight excluding hydrogens is 288 g/mol. The van der Waals surface area contributed by atoms with Gasteiger partial charge in [0.2, 0.25) is 0 Å². The van der Waals surface area contributed by atoms with Gasteiger partial charge >= 0.3 is 0 Å². The number of hydrogen-bond acceptors (Lipinski definition) is 4. The highest BCUT2D eigenvalue weighted by atomic mass is 79.9. The van der Waals surface area contributed by atoms with Crippen molar-refractivity contribution in [2.24, 2.45) is 0 Å². The number of halogens is 1. The summed E-state index contributed by atoms with van der Waals surface area (Å²) in [5.74, 6) is 0. The molecule has 0 amide bonds. The Hall–Kier alpha value is -1.14. The highest BCUT2D eigenvalue weighted by molar-refractivity contribution is 9.10. The Labute approximate surface area is 107 Å². The van der Waals surface area contributed by atoms with E-state index in [1.807, 2.05) is 0 Å². The number of aliphatic hydroxyl groups excluding tert-OH is 1. The minimum atomic E-state index is -0.415. The van der Waals surface area contributed by atoms with Crippen LogP contribution in [0.5, 0.6) is 0 Å². The van der Waals surface area contributed by atoms with Crippen LogP contribution < -0.4 is 4.90 Å². The summed E-state index contributed by atoms with van der Waals surface area (Å²) in [7, 11) is 0. The minimum Gasteiger partial charge on any atom is -0.394 e. The third-order valence-electron chi connectivity index (χ3n) is 3.04. The quantitative estimate of drug-likeness (QED) is 0.687. The molecule has 17 heavy (non-hydrogen) atoms. The second-order valence-electron chi connectivity index (χ2n) is 4.06. The number of anilines is 1. The summed E-state index contributed by atoms with van der Waals surface area (Å²) in [5.41, 5.74) is 0.979. The summed E-state index contributed by atoms with van der Waals surface area (Å²) >= 11 is 3.35. The van der Waals surface area contributed by atoms with Gasteiger partial charge < -0.3 is 10.0 Å². The van der Waals surface area contributed by atoms with Crippen LogP contribution >= 0.6 is 15.9 Å². The molecule has 0 aliphatic carbocycles. The molecule has 6 heteroatoms. The Morgan fingerprint density at radius 2 is 2.35 bits per heavy atom. The van der Waals surface area contributed by atoms with Gasteiger partial charge in [0.1, 0.15) is 0 Å². The van der Waals surface area contributed by atoms with Gasteiger partial charge in [-0.05, 0) is 34.8 Å². The topological polar surface area (TPSA) is 66.6 Å². The fourth-order valence-electron chi connectivity index (χ4n) is 2.18. The van der Waals surface area contributed by atoms with E-state index < -0.39 is 4.92 Å². The molecule has 5 nitrogen and oxygen atoms in total. The molecule has 1 aromatic carbocycles. The maximum Gasteiger partial charge on any atom is 0.270 e. The summed E-state index contributed by atoms with van der Waals surface area (Å²) in [6.07, 6.45) is 1.99. The molecule has 1 aromatic rings. The molecule has 0 aromatic heterocycles. The van der Waals surface area contributed by atoms with E-state index in [2.05, 4.69) is 20.8 Å². The van der Waals surface area contributed by atoms with Gasteiger partial charge in [-0.3, -0.25) is 10.1 Å². The summed E-state index contributed by atoms with van der Waals surface area (Å²) in [5, 5.41) is 19.9. The Morgan fingerprint density at radius 1 is 1.59 bits per heavy atom. The molecule has 0 radical (unpaired) electrons. The number of aliphatic hydroxyl groups is 1. The number of hydrogen-bond donors (Lipinski definition) is 1. The Kier molecular flexibility index (Phi) is 3.63. The molecule has 1 aliphatic heterocycles. The third-order valence-corrected chi connectivity index (χ3v) is 3.67. The van der Waals surface area contributed by atoms with Gasteiger partial charge in [0, 0.05) is 23.2 Å². The maximum absolute atomic E-state index is 10.6. The summed E-state index contributed by atoms with van der Waals surface area (Å²) < 4.78 is 0.701. The van der Waals surface area contributed by atoms with Crippen molar-refractivity contribution in [1.29, 1.82) is 0 Å². The predicted molar refractivity (Wildman–Crippen MR) is 68.3 cm³/mol. The van der Waals surface area contributed by atoms with Crippen LogP contribution in [0.15, 0.2) is 22.7 Å². The Balaban J connectivity index is 2.30. The van der Waals surface area contributed by atoms with Crippen LogP contribution in [0, 0.1) is 10.1 Å². The molecule has 1 atom stereocenters. The fraction of sp³-hybridized carbons (Fsp3) is 0.455. The summed E-state index contributed by atoms with van der Waals surface area (Å²) in [4.78, 5) is 12.3. The smallest absolute Gasteiger partial charge is 0.270 e. The SMILES string of the molecule is O=[N+]([O-])c1ccc(N2CCCC2CO)c(Br)c1. The number of nitro benzene ring substituents is 1. The molecule has 2 rings (SSSR count). The second-order valence-corrected chi connectivity index (χ2v) is 4.92. The van der Waals surface area contributed by atoms with E-state index in [0.29, 0.717) is 4.47 Å². The molecule has 92 valence electrons. The van der Waals surface area contributed by atoms with E-state index in [-0.39, 0.29) is 18.3 Å². The first kappa shape index (κ1) is 12.3. The number of benzene rings is 1. The first-order valence-corrected chi connectivity index (χ1v) is 6.24. The zero-order valence-electron chi connectivity index (χ0n) is 9.17. The molecule has 1 heterocycles. The number of nitrogens with zero attached hydrogens (tertiary/aromatic N) is 2. The molecule has 0 bridgehead atoms. The standard InChI is InChI=1S/C11H13BrN2O3/c12-10-6-8(14(16)17)3-4-11(10)13-5-1-2-9(13)7-15/h3-4,6,9,15H,1-2,5,7H2. The van der Waals surface area contributed by atoms with Crippen molar-refractivity contribution in [3.05, 3.63) is 32.8 Å². The fourth-order valence-corrected chi connectivity index (χ4v) is 2.78. The number of rotatable bonds is 3. The zero-order valence-corrected chi connectivity index (χ0v) is 10.8. The molecule has 0 spiro atoms. The lowest BCUT2D eigenvalue weighted by molar-refractivity contribution is -0.384. The highest BCUT2D eigenvalue weighted by Crippen LogP contribution is 2.34. The monoisotopic (exact) mass is 300 g/mol. The van der Waals surface area contributed by atoms with Crippen LogP contribution in [-0.4, -0.2) is 29.2 Å². The molecular formula is C11H13BrN2O3. The minimum absolute atomic E-state index is 0.0698. The van der Waals surface area contributed by atoms with Crippen LogP contribution in [-0.2, 0) is 0 Å². The van der Waals surface area contributed by atoms with Crippen molar-refractivity contribution >= 4 is 27.3 Å². The lowest BCUT2D eigenvalue weighted by Gasteiger charge is -2.26. The van der Waals surface area contributed by atoms with Gasteiger partial charge in [0.25, 0.3) is 5.69 Å². The molecule has 1 unspecified atom stereocenters. The van der Waals surface area contributed by atoms with Gasteiger partial charge in [-0.25, -0.2) is 0 Å². The van der Waals surface area contributed by atoms with Crippen molar-refractivity contribution in [2.75, 3.05) is 18.1 Å². The molecule has 1 aliphatic rings. The lowest BCUT2D eigenvalue weighted by atomic mass is 10.2. The average molecular weight is 301 g/mol. The first-order chi connectivity index (χ1) is 8.13. The Morgan fingerprint density at radius 3 is 2.94 bits per heavy atom. The maximum atomic E-state index is 10.6. The zero-order chi connectivity index (χ0) is 12.4. The lowest BCUT2D eigenvalue weighted by Crippen LogP contribution is -2.32. The van der Waals surface area contributed by atoms with Crippen LogP contribution in [0.25, 0.3) is 0 Å². The molecule has 1 fully saturated rings. The molecule has 1 saturated heterocycles. The van der Waals surface area contributed by atoms with Crippen molar-refractivity contribution in [3.63, 3.8) is 0 Å². The van der Waals surface area contributed by atoms with Crippen molar-refractivity contribution in [3.8, 4) is 0 Å². The van der Waals surface area contributed by atoms with E-state index in [9.17, 15) is 15.2 Å². The average Bonchev–Trinajstić information content (AvgIpc) is 2.76. The van der Waals surface area contributed by atoms with E-state index in [4.69, 9.17) is 0 Å². The summed E-state index contributed by atoms with van der Waals surface area (Å²) in [6, 6.07) is 4.85. The number of non-ortho nitro benzene ring substituents is 1. The molecule has 0 saturated carbocycles. The first-order valence-electron chi connectivity index (χ1n) is 5.45. The molecule has 1 N–H and O–H groups in total. The third kappa shape index (κ3) is 2.42. The van der Waals surface area contributed by atoms with Gasteiger partial charge in [-0.15, -0.1) is 0 Å². The van der Waals surface area contributed by atoms with E-state index in [1.54, 1.807) is 6.07 Å². The van der Waals surface area contributed by atoms with E-state index in [0.717, 1.165) is 25.1 Å². The van der Waals surface area contributed by atoms with Crippen molar-refractivity contribution in [1.82, 2.24) is 0 Å².